The number of carboxylic acid groups (broad SMARTS) is 1. The largest absolute Gasteiger partial charge is 0.480 e. The third-order valence-electron chi connectivity index (χ3n) is 3.29. The Labute approximate surface area is 142 Å². The first-order valence-corrected chi connectivity index (χ1v) is 8.23. The summed E-state index contributed by atoms with van der Waals surface area (Å²) in [4.78, 5) is 35.7. The second-order valence-corrected chi connectivity index (χ2v) is 6.26. The summed E-state index contributed by atoms with van der Waals surface area (Å²) < 4.78 is 5.01. The first kappa shape index (κ1) is 17.7. The van der Waals surface area contributed by atoms with Crippen molar-refractivity contribution in [2.24, 2.45) is 0 Å². The fraction of sp³-hybridized carbons (Fsp3) is 0.312. The van der Waals surface area contributed by atoms with E-state index >= 15 is 0 Å². The van der Waals surface area contributed by atoms with Gasteiger partial charge in [0.25, 0.3) is 11.8 Å². The van der Waals surface area contributed by atoms with Crippen LogP contribution in [0.3, 0.4) is 0 Å². The van der Waals surface area contributed by atoms with Crippen LogP contribution in [0.25, 0.3) is 0 Å². The van der Waals surface area contributed by atoms with Crippen LogP contribution in [-0.4, -0.2) is 28.9 Å². The smallest absolute Gasteiger partial charge is 0.326 e. The molecule has 0 aliphatic carbocycles. The lowest BCUT2D eigenvalue weighted by Crippen LogP contribution is -2.40. The zero-order valence-electron chi connectivity index (χ0n) is 13.3. The molecule has 0 aliphatic heterocycles. The number of carbonyl (C=O) groups is 3. The number of nitrogens with one attached hydrogen (secondary N) is 2. The number of carboxylic acids is 1. The van der Waals surface area contributed by atoms with Crippen LogP contribution in [0.15, 0.2) is 28.9 Å². The highest BCUT2D eigenvalue weighted by molar-refractivity contribution is 7.18. The van der Waals surface area contributed by atoms with E-state index in [1.807, 2.05) is 6.92 Å². The van der Waals surface area contributed by atoms with E-state index in [0.717, 1.165) is 11.3 Å². The molecule has 3 N–H and O–H groups in total. The molecule has 0 aromatic carbocycles. The zero-order chi connectivity index (χ0) is 17.7. The van der Waals surface area contributed by atoms with Crippen LogP contribution in [0.2, 0.25) is 0 Å². The van der Waals surface area contributed by atoms with Crippen molar-refractivity contribution < 1.29 is 23.9 Å². The lowest BCUT2D eigenvalue weighted by Gasteiger charge is -2.12. The fourth-order valence-corrected chi connectivity index (χ4v) is 3.09. The van der Waals surface area contributed by atoms with Crippen molar-refractivity contribution in [2.75, 3.05) is 5.32 Å². The van der Waals surface area contributed by atoms with E-state index in [1.165, 1.54) is 12.3 Å². The summed E-state index contributed by atoms with van der Waals surface area (Å²) >= 11 is 1.09. The van der Waals surface area contributed by atoms with Crippen molar-refractivity contribution in [3.05, 3.63) is 40.7 Å². The van der Waals surface area contributed by atoms with Gasteiger partial charge in [-0.2, -0.15) is 0 Å². The Bertz CT molecular complexity index is 736. The van der Waals surface area contributed by atoms with Crippen molar-refractivity contribution in [3.8, 4) is 0 Å². The summed E-state index contributed by atoms with van der Waals surface area (Å²) in [5.74, 6) is -1.77. The van der Waals surface area contributed by atoms with Gasteiger partial charge < -0.3 is 20.2 Å². The maximum Gasteiger partial charge on any atom is 0.326 e. The van der Waals surface area contributed by atoms with Crippen LogP contribution in [-0.2, 0) is 4.79 Å². The average Bonchev–Trinajstić information content (AvgIpc) is 3.16. The highest BCUT2D eigenvalue weighted by atomic mass is 32.1. The molecule has 2 rings (SSSR count). The van der Waals surface area contributed by atoms with Crippen LogP contribution in [0.1, 0.15) is 45.6 Å². The molecule has 0 saturated heterocycles. The number of rotatable bonds is 7. The minimum atomic E-state index is -1.06. The third kappa shape index (κ3) is 4.23. The van der Waals surface area contributed by atoms with Gasteiger partial charge in [-0.15, -0.1) is 11.3 Å². The summed E-state index contributed by atoms with van der Waals surface area (Å²) in [5, 5.41) is 14.8. The molecule has 2 heterocycles. The highest BCUT2D eigenvalue weighted by Crippen LogP contribution is 2.27. The molecule has 8 heteroatoms. The third-order valence-corrected chi connectivity index (χ3v) is 4.44. The van der Waals surface area contributed by atoms with E-state index in [9.17, 15) is 14.4 Å². The topological polar surface area (TPSA) is 109 Å². The van der Waals surface area contributed by atoms with E-state index in [0.29, 0.717) is 28.3 Å². The molecular formula is C16H18N2O5S. The predicted molar refractivity (Wildman–Crippen MR) is 89.5 cm³/mol. The Kier molecular flexibility index (Phi) is 5.75. The van der Waals surface area contributed by atoms with Crippen molar-refractivity contribution in [3.63, 3.8) is 0 Å². The Hall–Kier alpha value is -2.61. The minimum Gasteiger partial charge on any atom is -0.480 e. The number of thiophene rings is 1. The summed E-state index contributed by atoms with van der Waals surface area (Å²) in [6, 6.07) is 3.87. The molecule has 2 aromatic heterocycles. The minimum absolute atomic E-state index is 0.168. The number of aryl methyl sites for hydroxylation is 1. The molecule has 2 amide bonds. The Balaban J connectivity index is 2.08. The summed E-state index contributed by atoms with van der Waals surface area (Å²) in [6.07, 6.45) is 2.39. The zero-order valence-corrected chi connectivity index (χ0v) is 14.1. The number of hydrogen-bond acceptors (Lipinski definition) is 5. The van der Waals surface area contributed by atoms with Gasteiger partial charge in [-0.25, -0.2) is 4.79 Å². The molecule has 1 atom stereocenters. The normalized spacial score (nSPS) is 11.8. The van der Waals surface area contributed by atoms with Gasteiger partial charge in [0.1, 0.15) is 6.04 Å². The van der Waals surface area contributed by atoms with Gasteiger partial charge in [0.15, 0.2) is 5.76 Å². The Morgan fingerprint density at radius 1 is 1.33 bits per heavy atom. The lowest BCUT2D eigenvalue weighted by molar-refractivity contribution is -0.139. The van der Waals surface area contributed by atoms with Crippen LogP contribution in [0, 0.1) is 6.92 Å². The fourth-order valence-electron chi connectivity index (χ4n) is 2.12. The molecule has 0 saturated carbocycles. The SMILES string of the molecule is CCCC(NC(=O)c1sc(NC(=O)c2ccco2)cc1C)C(=O)O. The van der Waals surface area contributed by atoms with Crippen molar-refractivity contribution in [2.45, 2.75) is 32.7 Å². The van der Waals surface area contributed by atoms with Crippen molar-refractivity contribution in [1.82, 2.24) is 5.32 Å². The first-order valence-electron chi connectivity index (χ1n) is 7.41. The van der Waals surface area contributed by atoms with E-state index in [1.54, 1.807) is 19.1 Å². The molecule has 128 valence electrons. The van der Waals surface area contributed by atoms with Gasteiger partial charge in [-0.05, 0) is 37.1 Å². The summed E-state index contributed by atoms with van der Waals surface area (Å²) in [5.41, 5.74) is 0.660. The van der Waals surface area contributed by atoms with E-state index in [4.69, 9.17) is 9.52 Å². The van der Waals surface area contributed by atoms with Gasteiger partial charge >= 0.3 is 5.97 Å². The predicted octanol–water partition coefficient (Wildman–Crippen LogP) is 2.88. The van der Waals surface area contributed by atoms with E-state index < -0.39 is 23.8 Å². The molecule has 1 unspecified atom stereocenters. The second-order valence-electron chi connectivity index (χ2n) is 5.21. The van der Waals surface area contributed by atoms with Gasteiger partial charge in [-0.3, -0.25) is 9.59 Å². The monoisotopic (exact) mass is 350 g/mol. The average molecular weight is 350 g/mol. The van der Waals surface area contributed by atoms with Crippen LogP contribution >= 0.6 is 11.3 Å². The molecule has 0 aliphatic rings. The van der Waals surface area contributed by atoms with Crippen LogP contribution in [0.4, 0.5) is 5.00 Å². The summed E-state index contributed by atoms with van der Waals surface area (Å²) in [6.45, 7) is 3.57. The molecule has 7 nitrogen and oxygen atoms in total. The molecule has 2 aromatic rings. The van der Waals surface area contributed by atoms with Gasteiger partial charge in [0.05, 0.1) is 16.1 Å². The number of anilines is 1. The van der Waals surface area contributed by atoms with Crippen LogP contribution < -0.4 is 10.6 Å². The Morgan fingerprint density at radius 3 is 2.67 bits per heavy atom. The van der Waals surface area contributed by atoms with Gasteiger partial charge in [0.2, 0.25) is 0 Å². The van der Waals surface area contributed by atoms with E-state index in [2.05, 4.69) is 10.6 Å². The number of furan rings is 1. The number of hydrogen-bond donors (Lipinski definition) is 3. The standard InChI is InChI=1S/C16H18N2O5S/c1-3-5-10(16(21)22)17-15(20)13-9(2)8-12(24-13)18-14(19)11-6-4-7-23-11/h4,6-8,10H,3,5H2,1-2H3,(H,17,20)(H,18,19)(H,21,22). The second kappa shape index (κ2) is 7.78. The molecular weight excluding hydrogens is 332 g/mol. The lowest BCUT2D eigenvalue weighted by atomic mass is 10.1. The first-order chi connectivity index (χ1) is 11.4. The number of amides is 2. The number of carbonyl (C=O) groups excluding carboxylic acids is 2. The maximum absolute atomic E-state index is 12.3. The van der Waals surface area contributed by atoms with Crippen LogP contribution in [0.5, 0.6) is 0 Å². The number of aliphatic carboxylic acids is 1. The van der Waals surface area contributed by atoms with Gasteiger partial charge in [-0.1, -0.05) is 13.3 Å². The Morgan fingerprint density at radius 2 is 2.08 bits per heavy atom. The molecule has 0 radical (unpaired) electrons. The van der Waals surface area contributed by atoms with E-state index in [-0.39, 0.29) is 5.76 Å². The van der Waals surface area contributed by atoms with Crippen molar-refractivity contribution >= 4 is 34.1 Å². The molecule has 0 spiro atoms. The maximum atomic E-state index is 12.3. The molecule has 0 bridgehead atoms. The van der Waals surface area contributed by atoms with Crippen molar-refractivity contribution in [1.29, 1.82) is 0 Å². The highest BCUT2D eigenvalue weighted by Gasteiger charge is 2.22. The molecule has 24 heavy (non-hydrogen) atoms. The molecule has 0 fully saturated rings. The summed E-state index contributed by atoms with van der Waals surface area (Å²) in [7, 11) is 0. The quantitative estimate of drug-likeness (QED) is 0.711. The van der Waals surface area contributed by atoms with Gasteiger partial charge in [0, 0.05) is 0 Å².